The molecule has 0 saturated carbocycles. The van der Waals surface area contributed by atoms with Gasteiger partial charge in [-0.25, -0.2) is 4.98 Å². The molecule has 2 bridgehead atoms. The molecule has 1 amide bonds. The average molecular weight is 448 g/mol. The third-order valence-electron chi connectivity index (χ3n) is 7.49. The molecular formula is C25H26FN5O2. The lowest BCUT2D eigenvalue weighted by Crippen LogP contribution is -2.46. The topological polar surface area (TPSA) is 81.3 Å². The summed E-state index contributed by atoms with van der Waals surface area (Å²) >= 11 is 0. The van der Waals surface area contributed by atoms with E-state index in [9.17, 15) is 14.0 Å². The molecule has 1 aliphatic carbocycles. The second-order valence-electron chi connectivity index (χ2n) is 9.36. The summed E-state index contributed by atoms with van der Waals surface area (Å²) in [6.45, 7) is 2.39. The van der Waals surface area contributed by atoms with Gasteiger partial charge in [0.1, 0.15) is 5.69 Å². The third-order valence-corrected chi connectivity index (χ3v) is 7.49. The number of nitrogens with zero attached hydrogens (tertiary/aromatic N) is 3. The number of fused-ring (bicyclic) bond motifs is 5. The number of halogens is 1. The van der Waals surface area contributed by atoms with Gasteiger partial charge in [0.25, 0.3) is 11.5 Å². The van der Waals surface area contributed by atoms with E-state index in [4.69, 9.17) is 0 Å². The number of anilines is 1. The zero-order valence-electron chi connectivity index (χ0n) is 18.5. The van der Waals surface area contributed by atoms with Crippen molar-refractivity contribution in [2.75, 3.05) is 25.0 Å². The van der Waals surface area contributed by atoms with Crippen LogP contribution in [0, 0.1) is 5.95 Å². The van der Waals surface area contributed by atoms with Crippen molar-refractivity contribution in [3.05, 3.63) is 69.0 Å². The van der Waals surface area contributed by atoms with Crippen LogP contribution in [0.3, 0.4) is 0 Å². The zero-order valence-corrected chi connectivity index (χ0v) is 18.5. The molecule has 3 aromatic rings. The number of aryl methyl sites for hydroxylation is 1. The lowest BCUT2D eigenvalue weighted by atomic mass is 10.0. The minimum absolute atomic E-state index is 0.0566. The van der Waals surface area contributed by atoms with Crippen LogP contribution in [0.25, 0.3) is 10.9 Å². The highest BCUT2D eigenvalue weighted by Crippen LogP contribution is 2.36. The molecule has 33 heavy (non-hydrogen) atoms. The van der Waals surface area contributed by atoms with E-state index in [1.807, 2.05) is 0 Å². The quantitative estimate of drug-likeness (QED) is 0.601. The number of rotatable bonds is 4. The summed E-state index contributed by atoms with van der Waals surface area (Å²) in [5.74, 6) is -0.988. The maximum atomic E-state index is 14.7. The summed E-state index contributed by atoms with van der Waals surface area (Å²) in [6.07, 6.45) is 3.89. The standard InChI is InChI=1S/C25H26FN5O2/c1-27-25(33)20-7-8-22(23(26)28-20)31-13-15-10-16(31)12-30(15)11-14-5-6-18-17-3-2-4-19(17)24(32)29-21(18)9-14/h5-9,15-16H,2-4,10-13H2,1H3,(H,27,33)(H,29,32). The molecule has 0 spiro atoms. The Balaban J connectivity index is 1.19. The molecule has 6 rings (SSSR count). The second-order valence-corrected chi connectivity index (χ2v) is 9.36. The van der Waals surface area contributed by atoms with Gasteiger partial charge in [0.2, 0.25) is 5.95 Å². The Kier molecular flexibility index (Phi) is 4.72. The number of pyridine rings is 2. The number of nitrogens with one attached hydrogen (secondary N) is 2. The van der Waals surface area contributed by atoms with Crippen molar-refractivity contribution >= 4 is 22.5 Å². The van der Waals surface area contributed by atoms with Gasteiger partial charge in [-0.1, -0.05) is 12.1 Å². The zero-order chi connectivity index (χ0) is 22.7. The fourth-order valence-electron chi connectivity index (χ4n) is 5.91. The SMILES string of the molecule is CNC(=O)c1ccc(N2CC3CC2CN3Cc2ccc3c4c(c(=O)[nH]c3c2)CCC4)c(F)n1. The predicted octanol–water partition coefficient (Wildman–Crippen LogP) is 2.37. The first kappa shape index (κ1) is 20.4. The Hall–Kier alpha value is -3.26. The third kappa shape index (κ3) is 3.31. The van der Waals surface area contributed by atoms with E-state index in [2.05, 4.69) is 43.3 Å². The highest BCUT2D eigenvalue weighted by molar-refractivity contribution is 5.92. The lowest BCUT2D eigenvalue weighted by molar-refractivity contribution is 0.0957. The first-order valence-electron chi connectivity index (χ1n) is 11.6. The van der Waals surface area contributed by atoms with Gasteiger partial charge in [-0.3, -0.25) is 14.5 Å². The van der Waals surface area contributed by atoms with E-state index in [1.165, 1.54) is 23.6 Å². The Bertz CT molecular complexity index is 1340. The highest BCUT2D eigenvalue weighted by atomic mass is 19.1. The minimum Gasteiger partial charge on any atom is -0.362 e. The van der Waals surface area contributed by atoms with E-state index >= 15 is 0 Å². The number of hydrogen-bond donors (Lipinski definition) is 2. The number of carbonyl (C=O) groups excluding carboxylic acids is 1. The van der Waals surface area contributed by atoms with Crippen LogP contribution in [0.1, 0.15) is 40.0 Å². The molecule has 2 aromatic heterocycles. The van der Waals surface area contributed by atoms with E-state index < -0.39 is 11.9 Å². The maximum Gasteiger partial charge on any atom is 0.269 e. The molecule has 2 saturated heterocycles. The molecule has 2 atom stereocenters. The molecule has 0 radical (unpaired) electrons. The molecule has 3 aliphatic rings. The maximum absolute atomic E-state index is 14.7. The molecular weight excluding hydrogens is 421 g/mol. The minimum atomic E-state index is -0.596. The Labute approximate surface area is 190 Å². The van der Waals surface area contributed by atoms with Crippen molar-refractivity contribution in [2.24, 2.45) is 0 Å². The fraction of sp³-hybridized carbons (Fsp3) is 0.400. The van der Waals surface area contributed by atoms with E-state index in [0.29, 0.717) is 11.7 Å². The molecule has 8 heteroatoms. The molecule has 1 aromatic carbocycles. The van der Waals surface area contributed by atoms with Crippen LogP contribution < -0.4 is 15.8 Å². The van der Waals surface area contributed by atoms with E-state index in [-0.39, 0.29) is 17.3 Å². The fourth-order valence-corrected chi connectivity index (χ4v) is 5.91. The number of piperazine rings is 1. The van der Waals surface area contributed by atoms with Crippen LogP contribution in [0.15, 0.2) is 35.1 Å². The van der Waals surface area contributed by atoms with Gasteiger partial charge >= 0.3 is 0 Å². The van der Waals surface area contributed by atoms with Gasteiger partial charge in [-0.2, -0.15) is 4.39 Å². The number of aromatic nitrogens is 2. The first-order chi connectivity index (χ1) is 16.0. The monoisotopic (exact) mass is 447 g/mol. The molecule has 2 N–H and O–H groups in total. The number of likely N-dealkylation sites (tertiary alicyclic amines) is 1. The number of aromatic amines is 1. The molecule has 170 valence electrons. The Morgan fingerprint density at radius 2 is 2.03 bits per heavy atom. The van der Waals surface area contributed by atoms with E-state index in [1.54, 1.807) is 12.1 Å². The Morgan fingerprint density at radius 3 is 2.79 bits per heavy atom. The second kappa shape index (κ2) is 7.66. The first-order valence-corrected chi connectivity index (χ1v) is 11.6. The van der Waals surface area contributed by atoms with Crippen LogP contribution in [0.2, 0.25) is 0 Å². The number of hydrogen-bond acceptors (Lipinski definition) is 5. The van der Waals surface area contributed by atoms with Crippen molar-refractivity contribution in [2.45, 2.75) is 44.3 Å². The average Bonchev–Trinajstić information content (AvgIpc) is 3.54. The number of carbonyl (C=O) groups is 1. The van der Waals surface area contributed by atoms with Crippen LogP contribution in [-0.2, 0) is 19.4 Å². The molecule has 7 nitrogen and oxygen atoms in total. The number of amides is 1. The number of H-pyrrole nitrogens is 1. The predicted molar refractivity (Wildman–Crippen MR) is 124 cm³/mol. The van der Waals surface area contributed by atoms with Gasteiger partial charge in [0.15, 0.2) is 0 Å². The van der Waals surface area contributed by atoms with Gasteiger partial charge in [0, 0.05) is 55.2 Å². The normalized spacial score (nSPS) is 21.7. The van der Waals surface area contributed by atoms with Gasteiger partial charge in [-0.05, 0) is 55.0 Å². The Morgan fingerprint density at radius 1 is 1.18 bits per heavy atom. The van der Waals surface area contributed by atoms with Crippen LogP contribution in [0.4, 0.5) is 10.1 Å². The van der Waals surface area contributed by atoms with Crippen LogP contribution >= 0.6 is 0 Å². The molecule has 4 heterocycles. The highest BCUT2D eigenvalue weighted by Gasteiger charge is 2.44. The summed E-state index contributed by atoms with van der Waals surface area (Å²) in [7, 11) is 1.50. The molecule has 2 unspecified atom stereocenters. The summed E-state index contributed by atoms with van der Waals surface area (Å²) < 4.78 is 14.7. The van der Waals surface area contributed by atoms with Crippen molar-refractivity contribution in [3.63, 3.8) is 0 Å². The van der Waals surface area contributed by atoms with Crippen molar-refractivity contribution < 1.29 is 9.18 Å². The largest absolute Gasteiger partial charge is 0.362 e. The summed E-state index contributed by atoms with van der Waals surface area (Å²) in [6, 6.07) is 10.2. The molecule has 2 aliphatic heterocycles. The van der Waals surface area contributed by atoms with Gasteiger partial charge in [-0.15, -0.1) is 0 Å². The van der Waals surface area contributed by atoms with Gasteiger partial charge in [0.05, 0.1) is 5.69 Å². The van der Waals surface area contributed by atoms with E-state index in [0.717, 1.165) is 56.4 Å². The lowest BCUT2D eigenvalue weighted by Gasteiger charge is -2.35. The van der Waals surface area contributed by atoms with Gasteiger partial charge < -0.3 is 15.2 Å². The summed E-state index contributed by atoms with van der Waals surface area (Å²) in [4.78, 5) is 35.6. The smallest absolute Gasteiger partial charge is 0.269 e. The molecule has 2 fully saturated rings. The summed E-state index contributed by atoms with van der Waals surface area (Å²) in [5, 5.41) is 3.64. The van der Waals surface area contributed by atoms with Crippen molar-refractivity contribution in [3.8, 4) is 0 Å². The summed E-state index contributed by atoms with van der Waals surface area (Å²) in [5.41, 5.74) is 4.88. The number of benzene rings is 1. The van der Waals surface area contributed by atoms with Crippen LogP contribution in [-0.4, -0.2) is 53.0 Å². The van der Waals surface area contributed by atoms with Crippen molar-refractivity contribution in [1.82, 2.24) is 20.2 Å². The van der Waals surface area contributed by atoms with Crippen molar-refractivity contribution in [1.29, 1.82) is 0 Å². The van der Waals surface area contributed by atoms with Crippen LogP contribution in [0.5, 0.6) is 0 Å².